The quantitative estimate of drug-likeness (QED) is 0.655. The number of para-hydroxylation sites is 1. The van der Waals surface area contributed by atoms with Gasteiger partial charge in [-0.1, -0.05) is 24.3 Å². The summed E-state index contributed by atoms with van der Waals surface area (Å²) in [7, 11) is -2.08. The molecule has 0 saturated carbocycles. The lowest BCUT2D eigenvalue weighted by Gasteiger charge is -2.21. The molecule has 0 aliphatic heterocycles. The Morgan fingerprint density at radius 1 is 1.04 bits per heavy atom. The van der Waals surface area contributed by atoms with Gasteiger partial charge in [-0.15, -0.1) is 6.58 Å². The Labute approximate surface area is 143 Å². The van der Waals surface area contributed by atoms with E-state index in [1.807, 2.05) is 30.3 Å². The third kappa shape index (κ3) is 4.59. The molecule has 0 unspecified atom stereocenters. The lowest BCUT2D eigenvalue weighted by Crippen LogP contribution is -2.34. The first-order chi connectivity index (χ1) is 11.6. The first-order valence-corrected chi connectivity index (χ1v) is 8.95. The maximum Gasteiger partial charge on any atom is 0.243 e. The number of rotatable bonds is 9. The van der Waals surface area contributed by atoms with Crippen molar-refractivity contribution in [2.45, 2.75) is 4.90 Å². The van der Waals surface area contributed by atoms with Crippen LogP contribution in [0.15, 0.2) is 72.1 Å². The first kappa shape index (κ1) is 18.0. The van der Waals surface area contributed by atoms with Crippen LogP contribution in [0.4, 0.5) is 0 Å². The second-order valence-electron chi connectivity index (χ2n) is 4.99. The molecule has 0 aromatic heterocycles. The molecule has 2 rings (SSSR count). The van der Waals surface area contributed by atoms with Crippen LogP contribution in [0, 0.1) is 0 Å². The van der Waals surface area contributed by atoms with E-state index in [-0.39, 0.29) is 24.6 Å². The van der Waals surface area contributed by atoms with Gasteiger partial charge in [0.25, 0.3) is 0 Å². The molecule has 24 heavy (non-hydrogen) atoms. The van der Waals surface area contributed by atoms with Gasteiger partial charge in [-0.3, -0.25) is 0 Å². The lowest BCUT2D eigenvalue weighted by atomic mass is 10.3. The van der Waals surface area contributed by atoms with Crippen LogP contribution >= 0.6 is 0 Å². The van der Waals surface area contributed by atoms with E-state index in [0.717, 1.165) is 0 Å². The van der Waals surface area contributed by atoms with Crippen molar-refractivity contribution >= 4 is 10.0 Å². The molecule has 0 atom stereocenters. The molecule has 5 nitrogen and oxygen atoms in total. The third-order valence-corrected chi connectivity index (χ3v) is 5.26. The minimum absolute atomic E-state index is 0.213. The van der Waals surface area contributed by atoms with E-state index in [9.17, 15) is 8.42 Å². The fraction of sp³-hybridized carbons (Fsp3) is 0.222. The van der Waals surface area contributed by atoms with E-state index in [1.165, 1.54) is 23.5 Å². The summed E-state index contributed by atoms with van der Waals surface area (Å²) in [5, 5.41) is 0. The Morgan fingerprint density at radius 2 is 1.71 bits per heavy atom. The van der Waals surface area contributed by atoms with Crippen LogP contribution in [0.1, 0.15) is 0 Å². The number of sulfonamides is 1. The number of hydrogen-bond acceptors (Lipinski definition) is 4. The third-order valence-electron chi connectivity index (χ3n) is 3.38. The zero-order chi connectivity index (χ0) is 17.4. The average Bonchev–Trinajstić information content (AvgIpc) is 2.62. The number of benzene rings is 2. The second-order valence-corrected chi connectivity index (χ2v) is 6.93. The molecule has 0 bridgehead atoms. The van der Waals surface area contributed by atoms with Crippen LogP contribution in [0.25, 0.3) is 0 Å². The van der Waals surface area contributed by atoms with E-state index >= 15 is 0 Å². The fourth-order valence-electron chi connectivity index (χ4n) is 2.13. The van der Waals surface area contributed by atoms with E-state index in [4.69, 9.17) is 9.47 Å². The molecule has 0 aliphatic carbocycles. The predicted molar refractivity (Wildman–Crippen MR) is 93.9 cm³/mol. The number of hydrogen-bond donors (Lipinski definition) is 0. The fourth-order valence-corrected chi connectivity index (χ4v) is 3.53. The highest BCUT2D eigenvalue weighted by Gasteiger charge is 2.23. The summed E-state index contributed by atoms with van der Waals surface area (Å²) in [6.45, 7) is 4.34. The lowest BCUT2D eigenvalue weighted by molar-refractivity contribution is 0.280. The molecule has 0 spiro atoms. The number of ether oxygens (including phenoxy) is 2. The summed E-state index contributed by atoms with van der Waals surface area (Å²) in [4.78, 5) is 0.213. The first-order valence-electron chi connectivity index (χ1n) is 7.51. The molecule has 0 amide bonds. The zero-order valence-electron chi connectivity index (χ0n) is 13.6. The highest BCUT2D eigenvalue weighted by Crippen LogP contribution is 2.19. The molecule has 0 N–H and O–H groups in total. The number of nitrogens with zero attached hydrogens (tertiary/aromatic N) is 1. The van der Waals surface area contributed by atoms with Crippen molar-refractivity contribution < 1.29 is 17.9 Å². The summed E-state index contributed by atoms with van der Waals surface area (Å²) in [5.41, 5.74) is 0. The highest BCUT2D eigenvalue weighted by atomic mass is 32.2. The van der Waals surface area contributed by atoms with Gasteiger partial charge >= 0.3 is 0 Å². The highest BCUT2D eigenvalue weighted by molar-refractivity contribution is 7.89. The van der Waals surface area contributed by atoms with Crippen molar-refractivity contribution in [2.75, 3.05) is 26.8 Å². The maximum atomic E-state index is 12.7. The largest absolute Gasteiger partial charge is 0.497 e. The molecule has 6 heteroatoms. The van der Waals surface area contributed by atoms with E-state index < -0.39 is 10.0 Å². The van der Waals surface area contributed by atoms with Crippen LogP contribution < -0.4 is 9.47 Å². The van der Waals surface area contributed by atoms with Gasteiger partial charge in [0.1, 0.15) is 18.1 Å². The van der Waals surface area contributed by atoms with Crippen molar-refractivity contribution in [3.05, 3.63) is 67.3 Å². The minimum Gasteiger partial charge on any atom is -0.497 e. The average molecular weight is 347 g/mol. The van der Waals surface area contributed by atoms with Gasteiger partial charge in [0, 0.05) is 13.1 Å². The normalized spacial score (nSPS) is 11.2. The van der Waals surface area contributed by atoms with Crippen LogP contribution in [0.2, 0.25) is 0 Å². The predicted octanol–water partition coefficient (Wildman–Crippen LogP) is 2.95. The number of methoxy groups -OCH3 is 1. The summed E-state index contributed by atoms with van der Waals surface area (Å²) >= 11 is 0. The summed E-state index contributed by atoms with van der Waals surface area (Å²) in [6.07, 6.45) is 1.56. The monoisotopic (exact) mass is 347 g/mol. The Hall–Kier alpha value is -2.31. The molecular formula is C18H21NO4S. The van der Waals surface area contributed by atoms with Gasteiger partial charge < -0.3 is 9.47 Å². The topological polar surface area (TPSA) is 55.8 Å². The van der Waals surface area contributed by atoms with Crippen LogP contribution in [-0.2, 0) is 10.0 Å². The minimum atomic E-state index is -3.62. The van der Waals surface area contributed by atoms with Gasteiger partial charge in [-0.25, -0.2) is 8.42 Å². The van der Waals surface area contributed by atoms with Gasteiger partial charge in [-0.2, -0.15) is 4.31 Å². The SMILES string of the molecule is C=CCN(CCOc1ccccc1)S(=O)(=O)c1ccc(OC)cc1. The van der Waals surface area contributed by atoms with Crippen LogP contribution in [0.5, 0.6) is 11.5 Å². The molecule has 2 aromatic carbocycles. The van der Waals surface area contributed by atoms with Crippen LogP contribution in [-0.4, -0.2) is 39.5 Å². The Balaban J connectivity index is 2.08. The molecule has 128 valence electrons. The summed E-state index contributed by atoms with van der Waals surface area (Å²) in [6, 6.07) is 15.6. The van der Waals surface area contributed by atoms with E-state index in [0.29, 0.717) is 11.5 Å². The maximum absolute atomic E-state index is 12.7. The van der Waals surface area contributed by atoms with E-state index in [2.05, 4.69) is 6.58 Å². The molecule has 0 saturated heterocycles. The summed E-state index contributed by atoms with van der Waals surface area (Å²) in [5.74, 6) is 1.31. The van der Waals surface area contributed by atoms with Gasteiger partial charge in [0.05, 0.1) is 12.0 Å². The van der Waals surface area contributed by atoms with Crippen LogP contribution in [0.3, 0.4) is 0 Å². The standard InChI is InChI=1S/C18H21NO4S/c1-3-13-19(14-15-23-17-7-5-4-6-8-17)24(20,21)18-11-9-16(22-2)10-12-18/h3-12H,1,13-15H2,2H3. The molecule has 0 fully saturated rings. The Kier molecular flexibility index (Phi) is 6.40. The van der Waals surface area contributed by atoms with Crippen molar-refractivity contribution in [2.24, 2.45) is 0 Å². The smallest absolute Gasteiger partial charge is 0.243 e. The van der Waals surface area contributed by atoms with Gasteiger partial charge in [0.2, 0.25) is 10.0 Å². The van der Waals surface area contributed by atoms with E-state index in [1.54, 1.807) is 18.2 Å². The summed E-state index contributed by atoms with van der Waals surface area (Å²) < 4.78 is 37.5. The molecule has 0 aliphatic rings. The molecule has 0 heterocycles. The van der Waals surface area contributed by atoms with Crippen molar-refractivity contribution in [1.29, 1.82) is 0 Å². The molecule has 2 aromatic rings. The zero-order valence-corrected chi connectivity index (χ0v) is 14.4. The van der Waals surface area contributed by atoms with Gasteiger partial charge in [0.15, 0.2) is 0 Å². The Bertz CT molecular complexity index is 742. The van der Waals surface area contributed by atoms with Crippen molar-refractivity contribution in [1.82, 2.24) is 4.31 Å². The molecule has 0 radical (unpaired) electrons. The molecular weight excluding hydrogens is 326 g/mol. The second kappa shape index (κ2) is 8.52. The van der Waals surface area contributed by atoms with Crippen molar-refractivity contribution in [3.8, 4) is 11.5 Å². The van der Waals surface area contributed by atoms with Gasteiger partial charge in [-0.05, 0) is 36.4 Å². The Morgan fingerprint density at radius 3 is 2.29 bits per heavy atom. The van der Waals surface area contributed by atoms with Crippen molar-refractivity contribution in [3.63, 3.8) is 0 Å².